The maximum Gasteiger partial charge on any atom is 0.193 e. The van der Waals surface area contributed by atoms with Crippen molar-refractivity contribution in [3.8, 4) is 5.75 Å². The molecule has 0 amide bonds. The Morgan fingerprint density at radius 2 is 2.23 bits per heavy atom. The van der Waals surface area contributed by atoms with E-state index in [1.54, 1.807) is 14.2 Å². The number of ether oxygens (including phenoxy) is 2. The molecule has 1 unspecified atom stereocenters. The molecule has 1 atom stereocenters. The van der Waals surface area contributed by atoms with Gasteiger partial charge in [0.1, 0.15) is 5.75 Å². The lowest BCUT2D eigenvalue weighted by Gasteiger charge is -2.22. The molecule has 3 N–H and O–H groups in total. The lowest BCUT2D eigenvalue weighted by atomic mass is 10.2. The summed E-state index contributed by atoms with van der Waals surface area (Å²) in [5.74, 6) is 1.17. The van der Waals surface area contributed by atoms with Crippen molar-refractivity contribution in [2.75, 3.05) is 45.8 Å². The van der Waals surface area contributed by atoms with Gasteiger partial charge in [-0.1, -0.05) is 12.1 Å². The summed E-state index contributed by atoms with van der Waals surface area (Å²) in [6, 6.07) is 8.11. The van der Waals surface area contributed by atoms with Crippen LogP contribution in [0.25, 0.3) is 0 Å². The number of guanidine groups is 1. The van der Waals surface area contributed by atoms with Gasteiger partial charge < -0.3 is 20.5 Å². The van der Waals surface area contributed by atoms with Crippen molar-refractivity contribution in [1.29, 1.82) is 0 Å². The molecule has 1 aliphatic heterocycles. The molecule has 1 aromatic carbocycles. The third-order valence-electron chi connectivity index (χ3n) is 3.92. The van der Waals surface area contributed by atoms with Crippen LogP contribution >= 0.6 is 0 Å². The fourth-order valence-electron chi connectivity index (χ4n) is 2.73. The number of benzene rings is 1. The van der Waals surface area contributed by atoms with Gasteiger partial charge >= 0.3 is 0 Å². The Hall–Kier alpha value is -1.79. The van der Waals surface area contributed by atoms with Crippen LogP contribution in [0.1, 0.15) is 12.8 Å². The van der Waals surface area contributed by atoms with Gasteiger partial charge in [-0.15, -0.1) is 0 Å². The summed E-state index contributed by atoms with van der Waals surface area (Å²) in [5.41, 5.74) is 6.82. The van der Waals surface area contributed by atoms with E-state index in [9.17, 15) is 0 Å². The van der Waals surface area contributed by atoms with Crippen LogP contribution in [0.3, 0.4) is 0 Å². The van der Waals surface area contributed by atoms with Gasteiger partial charge in [-0.3, -0.25) is 9.89 Å². The van der Waals surface area contributed by atoms with Gasteiger partial charge in [0.25, 0.3) is 0 Å². The Morgan fingerprint density at radius 3 is 3.00 bits per heavy atom. The highest BCUT2D eigenvalue weighted by Crippen LogP contribution is 2.22. The Balaban J connectivity index is 1.89. The van der Waals surface area contributed by atoms with Crippen LogP contribution < -0.4 is 15.8 Å². The maximum absolute atomic E-state index is 5.99. The molecule has 122 valence electrons. The standard InChI is InChI=1S/C16H26N4O2/c1-21-11-10-20-9-5-6-13(20)12-18-16(17)19-14-7-3-4-8-15(14)22-2/h3-4,7-8,13H,5-6,9-12H2,1-2H3,(H3,17,18,19). The molecular weight excluding hydrogens is 280 g/mol. The van der Waals surface area contributed by atoms with Gasteiger partial charge in [0.05, 0.1) is 25.9 Å². The minimum atomic E-state index is 0.420. The monoisotopic (exact) mass is 306 g/mol. The number of nitrogens with one attached hydrogen (secondary N) is 1. The third kappa shape index (κ3) is 4.61. The van der Waals surface area contributed by atoms with Crippen molar-refractivity contribution >= 4 is 11.6 Å². The second-order valence-electron chi connectivity index (χ2n) is 5.38. The first-order chi connectivity index (χ1) is 10.7. The predicted molar refractivity (Wildman–Crippen MR) is 89.6 cm³/mol. The summed E-state index contributed by atoms with van der Waals surface area (Å²) in [7, 11) is 3.37. The van der Waals surface area contributed by atoms with E-state index >= 15 is 0 Å². The van der Waals surface area contributed by atoms with Crippen LogP contribution in [0, 0.1) is 0 Å². The zero-order chi connectivity index (χ0) is 15.8. The molecule has 1 heterocycles. The average Bonchev–Trinajstić information content (AvgIpc) is 2.99. The van der Waals surface area contributed by atoms with E-state index in [2.05, 4.69) is 15.2 Å². The molecule has 0 aromatic heterocycles. The molecule has 22 heavy (non-hydrogen) atoms. The first kappa shape index (κ1) is 16.6. The molecule has 0 radical (unpaired) electrons. The average molecular weight is 306 g/mol. The molecule has 0 aliphatic carbocycles. The number of nitrogens with two attached hydrogens (primary N) is 1. The first-order valence-corrected chi connectivity index (χ1v) is 7.67. The van der Waals surface area contributed by atoms with Crippen LogP contribution in [0.2, 0.25) is 0 Å². The summed E-state index contributed by atoms with van der Waals surface area (Å²) in [6.07, 6.45) is 2.37. The van der Waals surface area contributed by atoms with E-state index in [0.717, 1.165) is 37.6 Å². The van der Waals surface area contributed by atoms with Crippen molar-refractivity contribution in [2.24, 2.45) is 10.7 Å². The summed E-state index contributed by atoms with van der Waals surface area (Å²) >= 11 is 0. The Labute approximate surface area is 132 Å². The van der Waals surface area contributed by atoms with Crippen molar-refractivity contribution in [1.82, 2.24) is 4.90 Å². The molecule has 0 spiro atoms. The minimum absolute atomic E-state index is 0.420. The number of likely N-dealkylation sites (tertiary alicyclic amines) is 1. The highest BCUT2D eigenvalue weighted by Gasteiger charge is 2.23. The van der Waals surface area contributed by atoms with E-state index in [-0.39, 0.29) is 0 Å². The predicted octanol–water partition coefficient (Wildman–Crippen LogP) is 1.53. The molecule has 6 heteroatoms. The van der Waals surface area contributed by atoms with Crippen molar-refractivity contribution in [2.45, 2.75) is 18.9 Å². The molecule has 2 rings (SSSR count). The molecule has 1 aliphatic rings. The molecule has 0 bridgehead atoms. The topological polar surface area (TPSA) is 72.1 Å². The Morgan fingerprint density at radius 1 is 1.41 bits per heavy atom. The second kappa shape index (κ2) is 8.60. The fraction of sp³-hybridized carbons (Fsp3) is 0.562. The van der Waals surface area contributed by atoms with E-state index in [1.807, 2.05) is 24.3 Å². The zero-order valence-electron chi connectivity index (χ0n) is 13.4. The number of anilines is 1. The quantitative estimate of drug-likeness (QED) is 0.590. The number of nitrogens with zero attached hydrogens (tertiary/aromatic N) is 2. The van der Waals surface area contributed by atoms with E-state index in [0.29, 0.717) is 18.5 Å². The summed E-state index contributed by atoms with van der Waals surface area (Å²) in [4.78, 5) is 6.90. The third-order valence-corrected chi connectivity index (χ3v) is 3.92. The van der Waals surface area contributed by atoms with Gasteiger partial charge in [0.15, 0.2) is 5.96 Å². The SMILES string of the molecule is COCCN1CCCC1CN=C(N)Nc1ccccc1OC. The molecule has 1 saturated heterocycles. The van der Waals surface area contributed by atoms with Gasteiger partial charge in [-0.05, 0) is 31.5 Å². The molecule has 1 aromatic rings. The number of para-hydroxylation sites is 2. The fourth-order valence-corrected chi connectivity index (χ4v) is 2.73. The number of hydrogen-bond acceptors (Lipinski definition) is 4. The van der Waals surface area contributed by atoms with Gasteiger partial charge in [-0.25, -0.2) is 0 Å². The van der Waals surface area contributed by atoms with E-state index in [4.69, 9.17) is 15.2 Å². The van der Waals surface area contributed by atoms with Crippen molar-refractivity contribution in [3.63, 3.8) is 0 Å². The smallest absolute Gasteiger partial charge is 0.193 e. The summed E-state index contributed by atoms with van der Waals surface area (Å²) < 4.78 is 10.4. The molecule has 6 nitrogen and oxygen atoms in total. The molecular formula is C16H26N4O2. The van der Waals surface area contributed by atoms with Gasteiger partial charge in [-0.2, -0.15) is 0 Å². The van der Waals surface area contributed by atoms with Gasteiger partial charge in [0.2, 0.25) is 0 Å². The van der Waals surface area contributed by atoms with Crippen LogP contribution in [0.4, 0.5) is 5.69 Å². The maximum atomic E-state index is 5.99. The number of aliphatic imine (C=N–C) groups is 1. The number of methoxy groups -OCH3 is 2. The van der Waals surface area contributed by atoms with Gasteiger partial charge in [0, 0.05) is 19.7 Å². The molecule has 0 saturated carbocycles. The van der Waals surface area contributed by atoms with Crippen molar-refractivity contribution < 1.29 is 9.47 Å². The van der Waals surface area contributed by atoms with E-state index in [1.165, 1.54) is 6.42 Å². The number of rotatable bonds is 7. The first-order valence-electron chi connectivity index (χ1n) is 7.67. The summed E-state index contributed by atoms with van der Waals surface area (Å²) in [5, 5.41) is 3.10. The van der Waals surface area contributed by atoms with Crippen LogP contribution in [0.15, 0.2) is 29.3 Å². The van der Waals surface area contributed by atoms with Crippen LogP contribution in [-0.2, 0) is 4.74 Å². The second-order valence-corrected chi connectivity index (χ2v) is 5.38. The largest absolute Gasteiger partial charge is 0.495 e. The van der Waals surface area contributed by atoms with Crippen molar-refractivity contribution in [3.05, 3.63) is 24.3 Å². The molecule has 1 fully saturated rings. The van der Waals surface area contributed by atoms with Crippen LogP contribution in [0.5, 0.6) is 5.75 Å². The highest BCUT2D eigenvalue weighted by molar-refractivity contribution is 5.93. The minimum Gasteiger partial charge on any atom is -0.495 e. The van der Waals surface area contributed by atoms with Crippen LogP contribution in [-0.4, -0.2) is 57.4 Å². The lowest BCUT2D eigenvalue weighted by molar-refractivity contribution is 0.143. The Kier molecular flexibility index (Phi) is 6.48. The lowest BCUT2D eigenvalue weighted by Crippen LogP contribution is -2.35. The number of hydrogen-bond donors (Lipinski definition) is 2. The highest BCUT2D eigenvalue weighted by atomic mass is 16.5. The summed E-state index contributed by atoms with van der Waals surface area (Å²) in [6.45, 7) is 3.53. The normalized spacial score (nSPS) is 19.4. The zero-order valence-corrected chi connectivity index (χ0v) is 13.4. The van der Waals surface area contributed by atoms with E-state index < -0.39 is 0 Å². The Bertz CT molecular complexity index is 493.